The van der Waals surface area contributed by atoms with Crippen LogP contribution in [-0.4, -0.2) is 33.8 Å². The monoisotopic (exact) mass is 533 g/mol. The van der Waals surface area contributed by atoms with Gasteiger partial charge in [0.2, 0.25) is 0 Å². The number of nitrogens with one attached hydrogen (secondary N) is 2. The highest BCUT2D eigenvalue weighted by molar-refractivity contribution is 5.92. The van der Waals surface area contributed by atoms with Crippen LogP contribution in [0.25, 0.3) is 5.57 Å². The number of alkyl halides is 3. The number of ether oxygens (including phenoxy) is 1. The van der Waals surface area contributed by atoms with Crippen LogP contribution in [0.1, 0.15) is 59.3 Å². The largest absolute Gasteiger partial charge is 0.471 e. The van der Waals surface area contributed by atoms with E-state index in [0.29, 0.717) is 39.2 Å². The van der Waals surface area contributed by atoms with E-state index in [1.54, 1.807) is 13.8 Å². The van der Waals surface area contributed by atoms with Gasteiger partial charge in [0.15, 0.2) is 5.60 Å². The molecule has 200 valence electrons. The molecule has 0 spiro atoms. The van der Waals surface area contributed by atoms with Crippen molar-refractivity contribution in [3.05, 3.63) is 67.4 Å². The van der Waals surface area contributed by atoms with Crippen LogP contribution in [0.2, 0.25) is 0 Å². The molecule has 1 amide bonds. The Labute approximate surface area is 213 Å². The Morgan fingerprint density at radius 3 is 2.71 bits per heavy atom. The lowest BCUT2D eigenvalue weighted by Crippen LogP contribution is -2.46. The normalized spacial score (nSPS) is 25.1. The molecule has 1 aromatic carbocycles. The first-order valence-corrected chi connectivity index (χ1v) is 12.2. The summed E-state index contributed by atoms with van der Waals surface area (Å²) in [7, 11) is 0. The number of aromatic nitrogens is 1. The maximum Gasteiger partial charge on any atom is 0.471 e. The van der Waals surface area contributed by atoms with E-state index in [2.05, 4.69) is 10.6 Å². The van der Waals surface area contributed by atoms with Gasteiger partial charge in [-0.3, -0.25) is 9.59 Å². The number of esters is 1. The second kappa shape index (κ2) is 7.92. The number of amides is 1. The first-order chi connectivity index (χ1) is 17.9. The standard InChI is InChI=1S/C26H23F4N3O5/c1-3-25(37)14-6-18-21-12(8-33(18)22(34)13(14)9-38-24(25)36)20-16(32-23(35)26(28,29)30)5-4-11-10(2)15(27)7-17(31-21)19(11)20/h6-7,16,21,31,37H,3-5,8-9H2,1-2H3,(H,32,35)/t16?,21?,25-/m0/s1. The molecular weight excluding hydrogens is 510 g/mol. The van der Waals surface area contributed by atoms with E-state index in [9.17, 15) is 37.1 Å². The summed E-state index contributed by atoms with van der Waals surface area (Å²) < 4.78 is 60.9. The van der Waals surface area contributed by atoms with Crippen molar-refractivity contribution in [1.29, 1.82) is 0 Å². The number of fused-ring (bicyclic) bond motifs is 4. The molecule has 3 atom stereocenters. The fraction of sp³-hybridized carbons (Fsp3) is 0.423. The summed E-state index contributed by atoms with van der Waals surface area (Å²) in [6.45, 7) is 2.85. The van der Waals surface area contributed by atoms with Crippen LogP contribution in [0.5, 0.6) is 0 Å². The fourth-order valence-electron chi connectivity index (χ4n) is 6.23. The van der Waals surface area contributed by atoms with Gasteiger partial charge in [-0.2, -0.15) is 13.2 Å². The van der Waals surface area contributed by atoms with E-state index in [1.807, 2.05) is 0 Å². The van der Waals surface area contributed by atoms with Crippen LogP contribution >= 0.6 is 0 Å². The SMILES string of the molecule is CC[C@@]1(O)C(=O)OCc2c1cc1n(c2=O)CC2=C3c4c(cc(F)c(C)c4CCC3NC(=O)C(F)(F)F)NC21. The average Bonchev–Trinajstić information content (AvgIpc) is 3.23. The molecule has 0 saturated heterocycles. The summed E-state index contributed by atoms with van der Waals surface area (Å²) in [6.07, 6.45) is -4.77. The third-order valence-electron chi connectivity index (χ3n) is 8.21. The highest BCUT2D eigenvalue weighted by Crippen LogP contribution is 2.51. The van der Waals surface area contributed by atoms with Crippen molar-refractivity contribution in [3.63, 3.8) is 0 Å². The summed E-state index contributed by atoms with van der Waals surface area (Å²) in [6, 6.07) is 1.02. The van der Waals surface area contributed by atoms with Gasteiger partial charge in [-0.1, -0.05) is 6.92 Å². The topological polar surface area (TPSA) is 110 Å². The minimum atomic E-state index is -5.09. The van der Waals surface area contributed by atoms with Crippen LogP contribution in [0.3, 0.4) is 0 Å². The molecule has 1 aliphatic carbocycles. The smallest absolute Gasteiger partial charge is 0.458 e. The number of cyclic esters (lactones) is 1. The first kappa shape index (κ1) is 24.7. The zero-order chi connectivity index (χ0) is 27.3. The summed E-state index contributed by atoms with van der Waals surface area (Å²) in [4.78, 5) is 37.9. The lowest BCUT2D eigenvalue weighted by atomic mass is 9.75. The number of carbonyl (C=O) groups excluding carboxylic acids is 2. The molecule has 0 saturated carbocycles. The molecule has 1 aromatic heterocycles. The predicted molar refractivity (Wildman–Crippen MR) is 125 cm³/mol. The highest BCUT2D eigenvalue weighted by Gasteiger charge is 2.48. The van der Waals surface area contributed by atoms with Gasteiger partial charge in [-0.25, -0.2) is 9.18 Å². The van der Waals surface area contributed by atoms with Gasteiger partial charge in [0, 0.05) is 22.5 Å². The molecule has 6 rings (SSSR count). The van der Waals surface area contributed by atoms with Crippen molar-refractivity contribution >= 4 is 23.1 Å². The number of hydrogen-bond donors (Lipinski definition) is 3. The van der Waals surface area contributed by atoms with Gasteiger partial charge < -0.3 is 25.0 Å². The summed E-state index contributed by atoms with van der Waals surface area (Å²) in [5, 5.41) is 16.4. The van der Waals surface area contributed by atoms with Crippen molar-refractivity contribution in [3.8, 4) is 0 Å². The number of benzene rings is 1. The Morgan fingerprint density at radius 2 is 2.03 bits per heavy atom. The zero-order valence-electron chi connectivity index (χ0n) is 20.4. The molecule has 0 radical (unpaired) electrons. The van der Waals surface area contributed by atoms with E-state index in [-0.39, 0.29) is 43.5 Å². The predicted octanol–water partition coefficient (Wildman–Crippen LogP) is 2.88. The minimum absolute atomic E-state index is 0.000634. The maximum atomic E-state index is 14.9. The zero-order valence-corrected chi connectivity index (χ0v) is 20.4. The van der Waals surface area contributed by atoms with Gasteiger partial charge in [-0.15, -0.1) is 0 Å². The number of anilines is 1. The van der Waals surface area contributed by atoms with Crippen LogP contribution < -0.4 is 16.2 Å². The molecule has 3 N–H and O–H groups in total. The quantitative estimate of drug-likeness (QED) is 0.405. The molecule has 12 heteroatoms. The maximum absolute atomic E-state index is 14.9. The number of halogens is 4. The molecule has 8 nitrogen and oxygen atoms in total. The molecule has 38 heavy (non-hydrogen) atoms. The van der Waals surface area contributed by atoms with Crippen molar-refractivity contribution in [2.75, 3.05) is 5.32 Å². The number of nitrogens with zero attached hydrogens (tertiary/aromatic N) is 1. The first-order valence-electron chi connectivity index (χ1n) is 12.2. The molecule has 2 unspecified atom stereocenters. The number of carbonyl (C=O) groups is 2. The van der Waals surface area contributed by atoms with E-state index in [1.165, 1.54) is 16.7 Å². The number of aliphatic hydroxyl groups is 1. The van der Waals surface area contributed by atoms with Crippen LogP contribution in [0, 0.1) is 12.7 Å². The number of pyridine rings is 1. The fourth-order valence-corrected chi connectivity index (χ4v) is 6.23. The number of rotatable bonds is 2. The third kappa shape index (κ3) is 3.22. The van der Waals surface area contributed by atoms with Crippen molar-refractivity contribution in [2.24, 2.45) is 0 Å². The Balaban J connectivity index is 1.57. The summed E-state index contributed by atoms with van der Waals surface area (Å²) in [5.41, 5.74) is 0.924. The van der Waals surface area contributed by atoms with Gasteiger partial charge in [0.05, 0.1) is 24.2 Å². The van der Waals surface area contributed by atoms with Gasteiger partial charge in [-0.05, 0) is 60.6 Å². The number of hydrogen-bond acceptors (Lipinski definition) is 6. The lowest BCUT2D eigenvalue weighted by Gasteiger charge is -2.38. The Kier molecular flexibility index (Phi) is 5.14. The lowest BCUT2D eigenvalue weighted by molar-refractivity contribution is -0.174. The van der Waals surface area contributed by atoms with E-state index in [0.717, 1.165) is 0 Å². The Morgan fingerprint density at radius 1 is 1.29 bits per heavy atom. The molecular formula is C26H23F4N3O5. The molecule has 0 fully saturated rings. The average molecular weight is 533 g/mol. The van der Waals surface area contributed by atoms with Gasteiger partial charge in [0.1, 0.15) is 12.4 Å². The molecule has 2 aromatic rings. The van der Waals surface area contributed by atoms with Crippen molar-refractivity contribution in [2.45, 2.75) is 70.1 Å². The van der Waals surface area contributed by atoms with E-state index >= 15 is 0 Å². The Hall–Kier alpha value is -3.67. The highest BCUT2D eigenvalue weighted by atomic mass is 19.4. The minimum Gasteiger partial charge on any atom is -0.458 e. The second-order valence-electron chi connectivity index (χ2n) is 10.1. The second-order valence-corrected chi connectivity index (χ2v) is 10.1. The van der Waals surface area contributed by atoms with Crippen LogP contribution in [0.4, 0.5) is 23.2 Å². The summed E-state index contributed by atoms with van der Waals surface area (Å²) >= 11 is 0. The van der Waals surface area contributed by atoms with Crippen LogP contribution in [-0.2, 0) is 39.5 Å². The van der Waals surface area contributed by atoms with E-state index < -0.39 is 47.1 Å². The summed E-state index contributed by atoms with van der Waals surface area (Å²) in [5.74, 6) is -3.45. The molecule has 4 aliphatic rings. The molecule has 3 aliphatic heterocycles. The van der Waals surface area contributed by atoms with E-state index in [4.69, 9.17) is 4.74 Å². The van der Waals surface area contributed by atoms with Crippen molar-refractivity contribution < 1.29 is 37.0 Å². The molecule has 0 bridgehead atoms. The van der Waals surface area contributed by atoms with Crippen molar-refractivity contribution in [1.82, 2.24) is 9.88 Å². The van der Waals surface area contributed by atoms with Gasteiger partial charge in [0.25, 0.3) is 5.56 Å². The van der Waals surface area contributed by atoms with Crippen LogP contribution in [0.15, 0.2) is 22.5 Å². The Bertz CT molecular complexity index is 1540. The van der Waals surface area contributed by atoms with Gasteiger partial charge >= 0.3 is 18.1 Å². The molecule has 4 heterocycles. The third-order valence-corrected chi connectivity index (χ3v) is 8.21.